The van der Waals surface area contributed by atoms with Crippen LogP contribution in [0, 0.1) is 28.6 Å². The smallest absolute Gasteiger partial charge is 0.0241 e. The summed E-state index contributed by atoms with van der Waals surface area (Å²) in [6.45, 7) is 7.75. The molecule has 0 aromatic heterocycles. The second-order valence-corrected chi connectivity index (χ2v) is 7.62. The SMILES string of the molecule is CC1(C)C2CCC1(C)C(C1CCCCC1)C2. The van der Waals surface area contributed by atoms with Gasteiger partial charge in [0, 0.05) is 0 Å². The molecule has 0 spiro atoms. The summed E-state index contributed by atoms with van der Waals surface area (Å²) in [4.78, 5) is 0. The van der Waals surface area contributed by atoms with Gasteiger partial charge >= 0.3 is 0 Å². The molecule has 92 valence electrons. The first kappa shape index (κ1) is 11.1. The van der Waals surface area contributed by atoms with Crippen molar-refractivity contribution in [3.8, 4) is 0 Å². The third kappa shape index (κ3) is 1.28. The Balaban J connectivity index is 1.83. The zero-order chi connectivity index (χ0) is 11.4. The lowest BCUT2D eigenvalue weighted by atomic mass is 9.61. The lowest BCUT2D eigenvalue weighted by Crippen LogP contribution is -2.36. The molecule has 0 saturated heterocycles. The molecule has 3 aliphatic carbocycles. The van der Waals surface area contributed by atoms with Crippen molar-refractivity contribution in [3.63, 3.8) is 0 Å². The van der Waals surface area contributed by atoms with Crippen molar-refractivity contribution >= 4 is 0 Å². The van der Waals surface area contributed by atoms with E-state index in [2.05, 4.69) is 20.8 Å². The lowest BCUT2D eigenvalue weighted by Gasteiger charge is -2.44. The number of hydrogen-bond donors (Lipinski definition) is 0. The Morgan fingerprint density at radius 1 is 0.875 bits per heavy atom. The van der Waals surface area contributed by atoms with E-state index < -0.39 is 0 Å². The first-order valence-electron chi connectivity index (χ1n) is 7.56. The van der Waals surface area contributed by atoms with E-state index in [1.54, 1.807) is 19.3 Å². The molecular weight excluding hydrogens is 192 g/mol. The van der Waals surface area contributed by atoms with Crippen molar-refractivity contribution in [2.75, 3.05) is 0 Å². The van der Waals surface area contributed by atoms with Crippen LogP contribution < -0.4 is 0 Å². The van der Waals surface area contributed by atoms with E-state index in [1.165, 1.54) is 32.1 Å². The van der Waals surface area contributed by atoms with Gasteiger partial charge in [0.25, 0.3) is 0 Å². The molecule has 3 unspecified atom stereocenters. The second-order valence-electron chi connectivity index (χ2n) is 7.62. The summed E-state index contributed by atoms with van der Waals surface area (Å²) < 4.78 is 0. The molecule has 0 aromatic carbocycles. The van der Waals surface area contributed by atoms with Crippen LogP contribution in [0.4, 0.5) is 0 Å². The van der Waals surface area contributed by atoms with Crippen molar-refractivity contribution in [2.24, 2.45) is 28.6 Å². The minimum atomic E-state index is 0.634. The van der Waals surface area contributed by atoms with E-state index >= 15 is 0 Å². The number of rotatable bonds is 1. The minimum Gasteiger partial charge on any atom is -0.0591 e. The largest absolute Gasteiger partial charge is 0.0591 e. The highest BCUT2D eigenvalue weighted by Crippen LogP contribution is 2.70. The summed E-state index contributed by atoms with van der Waals surface area (Å²) in [5.74, 6) is 3.20. The van der Waals surface area contributed by atoms with Gasteiger partial charge in [-0.1, -0.05) is 52.9 Å². The Morgan fingerprint density at radius 3 is 2.06 bits per heavy atom. The zero-order valence-electron chi connectivity index (χ0n) is 11.4. The number of hydrogen-bond acceptors (Lipinski definition) is 0. The monoisotopic (exact) mass is 220 g/mol. The molecule has 0 aliphatic heterocycles. The molecule has 2 bridgehead atoms. The van der Waals surface area contributed by atoms with Crippen LogP contribution in [0.5, 0.6) is 0 Å². The van der Waals surface area contributed by atoms with Crippen molar-refractivity contribution in [2.45, 2.75) is 72.1 Å². The molecule has 0 radical (unpaired) electrons. The molecule has 3 aliphatic rings. The van der Waals surface area contributed by atoms with Gasteiger partial charge in [0.15, 0.2) is 0 Å². The predicted molar refractivity (Wildman–Crippen MR) is 69.3 cm³/mol. The molecule has 0 nitrogen and oxygen atoms in total. The van der Waals surface area contributed by atoms with E-state index in [4.69, 9.17) is 0 Å². The summed E-state index contributed by atoms with van der Waals surface area (Å²) in [6, 6.07) is 0. The van der Waals surface area contributed by atoms with Gasteiger partial charge in [-0.05, 0) is 47.8 Å². The molecule has 16 heavy (non-hydrogen) atoms. The van der Waals surface area contributed by atoms with Crippen molar-refractivity contribution in [1.82, 2.24) is 0 Å². The fraction of sp³-hybridized carbons (Fsp3) is 1.00. The maximum Gasteiger partial charge on any atom is -0.0241 e. The van der Waals surface area contributed by atoms with E-state index in [0.29, 0.717) is 10.8 Å². The first-order valence-corrected chi connectivity index (χ1v) is 7.56. The van der Waals surface area contributed by atoms with Crippen LogP contribution in [0.3, 0.4) is 0 Å². The topological polar surface area (TPSA) is 0 Å². The molecular formula is C16H28. The van der Waals surface area contributed by atoms with Crippen LogP contribution >= 0.6 is 0 Å². The van der Waals surface area contributed by atoms with Crippen LogP contribution in [0.15, 0.2) is 0 Å². The minimum absolute atomic E-state index is 0.634. The molecule has 3 atom stereocenters. The Kier molecular flexibility index (Phi) is 2.43. The fourth-order valence-electron chi connectivity index (χ4n) is 5.51. The summed E-state index contributed by atoms with van der Waals surface area (Å²) in [5, 5.41) is 0. The Bertz CT molecular complexity index is 272. The van der Waals surface area contributed by atoms with Crippen molar-refractivity contribution in [1.29, 1.82) is 0 Å². The highest BCUT2D eigenvalue weighted by Gasteiger charge is 2.62. The molecule has 3 fully saturated rings. The Morgan fingerprint density at radius 2 is 1.56 bits per heavy atom. The van der Waals surface area contributed by atoms with Crippen LogP contribution in [-0.2, 0) is 0 Å². The lowest BCUT2D eigenvalue weighted by molar-refractivity contribution is 0.0526. The normalized spacial score (nSPS) is 47.4. The fourth-order valence-corrected chi connectivity index (χ4v) is 5.51. The standard InChI is InChI=1S/C16H28/c1-15(2)13-9-10-16(15,3)14(11-13)12-7-5-4-6-8-12/h12-14H,4-11H2,1-3H3. The first-order chi connectivity index (χ1) is 7.56. The third-order valence-electron chi connectivity index (χ3n) is 7.08. The predicted octanol–water partition coefficient (Wildman–Crippen LogP) is 5.03. The van der Waals surface area contributed by atoms with Crippen LogP contribution in [0.1, 0.15) is 72.1 Å². The average Bonchev–Trinajstić information content (AvgIpc) is 2.62. The third-order valence-corrected chi connectivity index (χ3v) is 7.08. The van der Waals surface area contributed by atoms with Gasteiger partial charge in [0.1, 0.15) is 0 Å². The maximum absolute atomic E-state index is 2.62. The van der Waals surface area contributed by atoms with Crippen LogP contribution in [0.2, 0.25) is 0 Å². The number of fused-ring (bicyclic) bond motifs is 2. The van der Waals surface area contributed by atoms with Gasteiger partial charge in [-0.15, -0.1) is 0 Å². The Labute approximate surface area is 101 Å². The summed E-state index contributed by atoms with van der Waals surface area (Å²) in [7, 11) is 0. The van der Waals surface area contributed by atoms with Gasteiger partial charge in [-0.3, -0.25) is 0 Å². The summed E-state index contributed by atoms with van der Waals surface area (Å²) >= 11 is 0. The highest BCUT2D eigenvalue weighted by molar-refractivity contribution is 5.11. The highest BCUT2D eigenvalue weighted by atomic mass is 14.7. The summed E-state index contributed by atoms with van der Waals surface area (Å²) in [5.41, 5.74) is 1.31. The van der Waals surface area contributed by atoms with Gasteiger partial charge in [-0.2, -0.15) is 0 Å². The van der Waals surface area contributed by atoms with Crippen LogP contribution in [0.25, 0.3) is 0 Å². The van der Waals surface area contributed by atoms with Crippen molar-refractivity contribution in [3.05, 3.63) is 0 Å². The second kappa shape index (κ2) is 3.50. The van der Waals surface area contributed by atoms with Crippen molar-refractivity contribution < 1.29 is 0 Å². The zero-order valence-corrected chi connectivity index (χ0v) is 11.4. The van der Waals surface area contributed by atoms with E-state index in [1.807, 2.05) is 0 Å². The molecule has 0 amide bonds. The van der Waals surface area contributed by atoms with Gasteiger partial charge in [-0.25, -0.2) is 0 Å². The van der Waals surface area contributed by atoms with E-state index in [-0.39, 0.29) is 0 Å². The quantitative estimate of drug-likeness (QED) is 0.581. The van der Waals surface area contributed by atoms with E-state index in [0.717, 1.165) is 17.8 Å². The average molecular weight is 220 g/mol. The molecule has 0 aromatic rings. The molecule has 0 heteroatoms. The summed E-state index contributed by atoms with van der Waals surface area (Å²) in [6.07, 6.45) is 12.2. The van der Waals surface area contributed by atoms with Crippen LogP contribution in [-0.4, -0.2) is 0 Å². The van der Waals surface area contributed by atoms with Gasteiger partial charge in [0.2, 0.25) is 0 Å². The van der Waals surface area contributed by atoms with Gasteiger partial charge in [0.05, 0.1) is 0 Å². The molecule has 0 heterocycles. The molecule has 0 N–H and O–H groups in total. The molecule has 3 saturated carbocycles. The Hall–Kier alpha value is 0. The maximum atomic E-state index is 2.62. The van der Waals surface area contributed by atoms with Gasteiger partial charge < -0.3 is 0 Å². The molecule has 3 rings (SSSR count). The van der Waals surface area contributed by atoms with E-state index in [9.17, 15) is 0 Å².